The molecule has 2 heterocycles. The van der Waals surface area contributed by atoms with Crippen LogP contribution in [0.4, 0.5) is 0 Å². The molecule has 1 fully saturated rings. The van der Waals surface area contributed by atoms with Crippen LogP contribution in [0.25, 0.3) is 0 Å². The molecule has 4 nitrogen and oxygen atoms in total. The van der Waals surface area contributed by atoms with Gasteiger partial charge in [0.2, 0.25) is 5.89 Å². The molecule has 2 unspecified atom stereocenters. The molecular formula is C14H15ClN2O2. The predicted molar refractivity (Wildman–Crippen MR) is 71.1 cm³/mol. The Hall–Kier alpha value is -1.39. The number of benzene rings is 1. The van der Waals surface area contributed by atoms with Crippen LogP contribution in [0.2, 0.25) is 0 Å². The van der Waals surface area contributed by atoms with Gasteiger partial charge >= 0.3 is 0 Å². The maximum absolute atomic E-state index is 6.34. The number of aromatic nitrogens is 2. The first-order chi connectivity index (χ1) is 9.33. The molecule has 1 aromatic heterocycles. The summed E-state index contributed by atoms with van der Waals surface area (Å²) in [5.41, 5.74) is 0.962. The first-order valence-corrected chi connectivity index (χ1v) is 6.86. The Morgan fingerprint density at radius 2 is 2.16 bits per heavy atom. The maximum Gasteiger partial charge on any atom is 0.249 e. The van der Waals surface area contributed by atoms with Crippen molar-refractivity contribution in [1.82, 2.24) is 10.1 Å². The van der Waals surface area contributed by atoms with Crippen LogP contribution in [-0.4, -0.2) is 23.4 Å². The molecule has 0 radical (unpaired) electrons. The van der Waals surface area contributed by atoms with Crippen molar-refractivity contribution in [3.63, 3.8) is 0 Å². The van der Waals surface area contributed by atoms with E-state index in [0.29, 0.717) is 17.6 Å². The molecule has 19 heavy (non-hydrogen) atoms. The lowest BCUT2D eigenvalue weighted by Gasteiger charge is -2.03. The van der Waals surface area contributed by atoms with Crippen LogP contribution in [0.5, 0.6) is 0 Å². The van der Waals surface area contributed by atoms with Gasteiger partial charge in [-0.15, -0.1) is 11.6 Å². The Bertz CT molecular complexity index is 523. The quantitative estimate of drug-likeness (QED) is 0.807. The van der Waals surface area contributed by atoms with Crippen molar-refractivity contribution in [3.8, 4) is 0 Å². The van der Waals surface area contributed by atoms with Crippen molar-refractivity contribution >= 4 is 11.6 Å². The number of ether oxygens (including phenoxy) is 1. The largest absolute Gasteiger partial charge is 0.381 e. The summed E-state index contributed by atoms with van der Waals surface area (Å²) >= 11 is 6.34. The SMILES string of the molecule is ClC(c1ccccc1)c1nc(CC2CCOC2)no1. The zero-order chi connectivity index (χ0) is 13.1. The topological polar surface area (TPSA) is 48.2 Å². The van der Waals surface area contributed by atoms with E-state index in [-0.39, 0.29) is 5.38 Å². The highest BCUT2D eigenvalue weighted by molar-refractivity contribution is 6.22. The number of nitrogens with zero attached hydrogens (tertiary/aromatic N) is 2. The number of rotatable bonds is 4. The second kappa shape index (κ2) is 5.72. The summed E-state index contributed by atoms with van der Waals surface area (Å²) in [6.07, 6.45) is 1.86. The third-order valence-corrected chi connectivity index (χ3v) is 3.73. The fourth-order valence-electron chi connectivity index (χ4n) is 2.22. The fourth-order valence-corrected chi connectivity index (χ4v) is 2.45. The van der Waals surface area contributed by atoms with Gasteiger partial charge in [0.1, 0.15) is 5.38 Å². The van der Waals surface area contributed by atoms with Gasteiger partial charge in [0.15, 0.2) is 5.82 Å². The van der Waals surface area contributed by atoms with Gasteiger partial charge in [-0.1, -0.05) is 35.5 Å². The number of alkyl halides is 1. The molecule has 0 N–H and O–H groups in total. The van der Waals surface area contributed by atoms with Crippen molar-refractivity contribution in [2.24, 2.45) is 5.92 Å². The van der Waals surface area contributed by atoms with Crippen LogP contribution in [0.15, 0.2) is 34.9 Å². The summed E-state index contributed by atoms with van der Waals surface area (Å²) in [5.74, 6) is 1.67. The van der Waals surface area contributed by atoms with Gasteiger partial charge in [-0.05, 0) is 17.9 Å². The molecule has 0 aliphatic carbocycles. The lowest BCUT2D eigenvalue weighted by atomic mass is 10.1. The standard InChI is InChI=1S/C14H15ClN2O2/c15-13(11-4-2-1-3-5-11)14-16-12(17-19-14)8-10-6-7-18-9-10/h1-5,10,13H,6-9H2. The van der Waals surface area contributed by atoms with Gasteiger partial charge in [-0.2, -0.15) is 4.98 Å². The van der Waals surface area contributed by atoms with Crippen LogP contribution < -0.4 is 0 Å². The molecule has 1 aliphatic heterocycles. The van der Waals surface area contributed by atoms with E-state index in [9.17, 15) is 0 Å². The lowest BCUT2D eigenvalue weighted by molar-refractivity contribution is 0.185. The highest BCUT2D eigenvalue weighted by Crippen LogP contribution is 2.27. The van der Waals surface area contributed by atoms with E-state index in [0.717, 1.165) is 31.6 Å². The normalized spacial score (nSPS) is 20.6. The second-order valence-electron chi connectivity index (χ2n) is 4.76. The summed E-state index contributed by atoms with van der Waals surface area (Å²) in [5, 5.41) is 3.61. The fraction of sp³-hybridized carbons (Fsp3) is 0.429. The zero-order valence-electron chi connectivity index (χ0n) is 10.5. The Labute approximate surface area is 116 Å². The molecule has 0 saturated carbocycles. The van der Waals surface area contributed by atoms with E-state index in [4.69, 9.17) is 20.9 Å². The van der Waals surface area contributed by atoms with Crippen LogP contribution in [0, 0.1) is 5.92 Å². The first-order valence-electron chi connectivity index (χ1n) is 6.42. The number of hydrogen-bond acceptors (Lipinski definition) is 4. The molecule has 1 aliphatic rings. The average Bonchev–Trinajstić information content (AvgIpc) is 3.11. The van der Waals surface area contributed by atoms with Crippen LogP contribution in [0.3, 0.4) is 0 Å². The first kappa shape index (κ1) is 12.6. The Morgan fingerprint density at radius 1 is 1.32 bits per heavy atom. The van der Waals surface area contributed by atoms with Crippen LogP contribution in [-0.2, 0) is 11.2 Å². The molecule has 0 spiro atoms. The highest BCUT2D eigenvalue weighted by atomic mass is 35.5. The number of halogens is 1. The van der Waals surface area contributed by atoms with Gasteiger partial charge in [0.05, 0.1) is 0 Å². The molecule has 2 atom stereocenters. The molecular weight excluding hydrogens is 264 g/mol. The molecule has 100 valence electrons. The van der Waals surface area contributed by atoms with Crippen molar-refractivity contribution in [1.29, 1.82) is 0 Å². The van der Waals surface area contributed by atoms with E-state index >= 15 is 0 Å². The molecule has 1 saturated heterocycles. The van der Waals surface area contributed by atoms with E-state index in [1.54, 1.807) is 0 Å². The van der Waals surface area contributed by atoms with Crippen LogP contribution >= 0.6 is 11.6 Å². The summed E-state index contributed by atoms with van der Waals surface area (Å²) < 4.78 is 10.6. The molecule has 1 aromatic carbocycles. The summed E-state index contributed by atoms with van der Waals surface area (Å²) in [7, 11) is 0. The Balaban J connectivity index is 1.70. The van der Waals surface area contributed by atoms with Crippen molar-refractivity contribution < 1.29 is 9.26 Å². The smallest absolute Gasteiger partial charge is 0.249 e. The summed E-state index contributed by atoms with van der Waals surface area (Å²) in [6, 6.07) is 9.74. The van der Waals surface area contributed by atoms with Gasteiger partial charge in [0, 0.05) is 19.6 Å². The van der Waals surface area contributed by atoms with E-state index < -0.39 is 0 Å². The van der Waals surface area contributed by atoms with E-state index in [2.05, 4.69) is 10.1 Å². The number of hydrogen-bond donors (Lipinski definition) is 0. The van der Waals surface area contributed by atoms with E-state index in [1.807, 2.05) is 30.3 Å². The van der Waals surface area contributed by atoms with Gasteiger partial charge < -0.3 is 9.26 Å². The molecule has 0 amide bonds. The van der Waals surface area contributed by atoms with Gasteiger partial charge in [0.25, 0.3) is 0 Å². The van der Waals surface area contributed by atoms with Crippen molar-refractivity contribution in [2.75, 3.05) is 13.2 Å². The minimum Gasteiger partial charge on any atom is -0.381 e. The molecule has 3 rings (SSSR count). The maximum atomic E-state index is 6.34. The highest BCUT2D eigenvalue weighted by Gasteiger charge is 2.22. The monoisotopic (exact) mass is 278 g/mol. The average molecular weight is 279 g/mol. The zero-order valence-corrected chi connectivity index (χ0v) is 11.2. The third kappa shape index (κ3) is 2.96. The summed E-state index contributed by atoms with van der Waals surface area (Å²) in [4.78, 5) is 4.38. The minimum absolute atomic E-state index is 0.387. The Morgan fingerprint density at radius 3 is 2.89 bits per heavy atom. The van der Waals surface area contributed by atoms with Crippen molar-refractivity contribution in [3.05, 3.63) is 47.6 Å². The van der Waals surface area contributed by atoms with Crippen LogP contribution in [0.1, 0.15) is 29.1 Å². The molecule has 0 bridgehead atoms. The van der Waals surface area contributed by atoms with Gasteiger partial charge in [-0.3, -0.25) is 0 Å². The second-order valence-corrected chi connectivity index (χ2v) is 5.19. The summed E-state index contributed by atoms with van der Waals surface area (Å²) in [6.45, 7) is 1.62. The van der Waals surface area contributed by atoms with E-state index in [1.165, 1.54) is 0 Å². The van der Waals surface area contributed by atoms with Gasteiger partial charge in [-0.25, -0.2) is 0 Å². The third-order valence-electron chi connectivity index (χ3n) is 3.29. The Kier molecular flexibility index (Phi) is 3.80. The minimum atomic E-state index is -0.387. The predicted octanol–water partition coefficient (Wildman–Crippen LogP) is 2.98. The lowest BCUT2D eigenvalue weighted by Crippen LogP contribution is -2.05. The molecule has 2 aromatic rings. The molecule has 5 heteroatoms. The van der Waals surface area contributed by atoms with Crippen molar-refractivity contribution in [2.45, 2.75) is 18.2 Å².